The van der Waals surface area contributed by atoms with Gasteiger partial charge in [-0.25, -0.2) is 4.79 Å². The Labute approximate surface area is 169 Å². The molecule has 7 heteroatoms. The van der Waals surface area contributed by atoms with Gasteiger partial charge in [-0.1, -0.05) is 19.9 Å². The number of aliphatic hydroxyl groups is 1. The highest BCUT2D eigenvalue weighted by molar-refractivity contribution is 7.98. The molecule has 0 saturated carbocycles. The first-order chi connectivity index (χ1) is 13.3. The van der Waals surface area contributed by atoms with Crippen molar-refractivity contribution in [2.24, 2.45) is 5.41 Å². The number of nitrogens with one attached hydrogen (secondary N) is 1. The van der Waals surface area contributed by atoms with Crippen molar-refractivity contribution in [3.8, 4) is 11.5 Å². The number of thioether (sulfide) groups is 1. The Bertz CT molecular complexity index is 792. The number of benzene rings is 2. The van der Waals surface area contributed by atoms with E-state index >= 15 is 0 Å². The van der Waals surface area contributed by atoms with Crippen LogP contribution in [-0.2, 0) is 4.74 Å². The van der Waals surface area contributed by atoms with Gasteiger partial charge in [-0.3, -0.25) is 5.32 Å². The zero-order chi connectivity index (χ0) is 20.7. The fraction of sp³-hybridized carbons (Fsp3) is 0.381. The van der Waals surface area contributed by atoms with E-state index in [-0.39, 0.29) is 12.4 Å². The molecular weight excluding hydrogens is 378 g/mol. The molecule has 1 amide bonds. The fourth-order valence-electron chi connectivity index (χ4n) is 2.90. The normalized spacial score (nSPS) is 12.3. The molecule has 0 saturated heterocycles. The summed E-state index contributed by atoms with van der Waals surface area (Å²) >= 11 is 1.62. The van der Waals surface area contributed by atoms with E-state index in [1.165, 1.54) is 13.2 Å². The van der Waals surface area contributed by atoms with Crippen LogP contribution < -0.4 is 10.1 Å². The van der Waals surface area contributed by atoms with Crippen molar-refractivity contribution in [2.75, 3.05) is 25.3 Å². The molecule has 0 spiro atoms. The van der Waals surface area contributed by atoms with E-state index in [0.717, 1.165) is 4.90 Å². The van der Waals surface area contributed by atoms with Crippen molar-refractivity contribution in [1.29, 1.82) is 0 Å². The average molecular weight is 406 g/mol. The molecule has 28 heavy (non-hydrogen) atoms. The molecule has 0 radical (unpaired) electrons. The number of rotatable bonds is 8. The monoisotopic (exact) mass is 405 g/mol. The summed E-state index contributed by atoms with van der Waals surface area (Å²) in [7, 11) is 1.47. The highest BCUT2D eigenvalue weighted by atomic mass is 32.2. The van der Waals surface area contributed by atoms with Crippen molar-refractivity contribution in [3.05, 3.63) is 48.0 Å². The Balaban J connectivity index is 2.23. The van der Waals surface area contributed by atoms with E-state index < -0.39 is 17.6 Å². The van der Waals surface area contributed by atoms with Crippen LogP contribution in [0.4, 0.5) is 10.5 Å². The van der Waals surface area contributed by atoms with Crippen molar-refractivity contribution in [2.45, 2.75) is 31.3 Å². The van der Waals surface area contributed by atoms with Crippen LogP contribution in [0, 0.1) is 5.41 Å². The summed E-state index contributed by atoms with van der Waals surface area (Å²) < 4.78 is 10.8. The average Bonchev–Trinajstić information content (AvgIpc) is 2.66. The maximum absolute atomic E-state index is 12.5. The minimum Gasteiger partial charge on any atom is -0.504 e. The number of carbonyl (C=O) groups is 1. The number of phenolic OH excluding ortho intramolecular Hbond substituents is 1. The first-order valence-electron chi connectivity index (χ1n) is 8.90. The fourth-order valence-corrected chi connectivity index (χ4v) is 3.31. The van der Waals surface area contributed by atoms with Gasteiger partial charge in [0, 0.05) is 22.6 Å². The third-order valence-corrected chi connectivity index (χ3v) is 5.28. The Morgan fingerprint density at radius 1 is 1.21 bits per heavy atom. The topological polar surface area (TPSA) is 88.0 Å². The molecule has 6 nitrogen and oxygen atoms in total. The molecule has 1 atom stereocenters. The van der Waals surface area contributed by atoms with Gasteiger partial charge < -0.3 is 19.7 Å². The molecule has 2 rings (SSSR count). The van der Waals surface area contributed by atoms with Gasteiger partial charge in [-0.05, 0) is 54.6 Å². The van der Waals surface area contributed by atoms with E-state index in [1.807, 2.05) is 32.2 Å². The lowest BCUT2D eigenvalue weighted by molar-refractivity contribution is 0.0151. The zero-order valence-electron chi connectivity index (χ0n) is 16.6. The number of carbonyl (C=O) groups excluding carboxylic acids is 1. The number of anilines is 1. The summed E-state index contributed by atoms with van der Waals surface area (Å²) in [5.41, 5.74) is 0.680. The maximum atomic E-state index is 12.5. The van der Waals surface area contributed by atoms with E-state index in [2.05, 4.69) is 5.32 Å². The largest absolute Gasteiger partial charge is 0.504 e. The second-order valence-corrected chi connectivity index (χ2v) is 7.91. The molecule has 0 aliphatic rings. The Morgan fingerprint density at radius 3 is 2.43 bits per heavy atom. The molecule has 0 aliphatic carbocycles. The Morgan fingerprint density at radius 2 is 1.89 bits per heavy atom. The smallest absolute Gasteiger partial charge is 0.412 e. The number of aromatic hydroxyl groups is 1. The van der Waals surface area contributed by atoms with Crippen LogP contribution in [0.3, 0.4) is 0 Å². The Kier molecular flexibility index (Phi) is 7.60. The van der Waals surface area contributed by atoms with Crippen molar-refractivity contribution < 1.29 is 24.5 Å². The van der Waals surface area contributed by atoms with E-state index in [9.17, 15) is 15.0 Å². The predicted octanol–water partition coefficient (Wildman–Crippen LogP) is 4.82. The molecule has 2 aromatic rings. The van der Waals surface area contributed by atoms with E-state index in [1.54, 1.807) is 36.0 Å². The number of amides is 1. The summed E-state index contributed by atoms with van der Waals surface area (Å²) in [5, 5.41) is 22.3. The first kappa shape index (κ1) is 21.9. The number of ether oxygens (including phenoxy) is 2. The third kappa shape index (κ3) is 5.56. The van der Waals surface area contributed by atoms with Crippen LogP contribution >= 0.6 is 11.8 Å². The van der Waals surface area contributed by atoms with Gasteiger partial charge in [-0.15, -0.1) is 11.8 Å². The van der Waals surface area contributed by atoms with Gasteiger partial charge >= 0.3 is 6.09 Å². The molecule has 152 valence electrons. The number of methoxy groups -OCH3 is 1. The summed E-state index contributed by atoms with van der Waals surface area (Å²) in [6.07, 6.45) is 1.11. The van der Waals surface area contributed by atoms with E-state index in [4.69, 9.17) is 9.47 Å². The molecular formula is C21H27NO5S. The maximum Gasteiger partial charge on any atom is 0.412 e. The van der Waals surface area contributed by atoms with Gasteiger partial charge in [0.15, 0.2) is 11.5 Å². The molecule has 3 N–H and O–H groups in total. The number of phenols is 1. The van der Waals surface area contributed by atoms with Crippen molar-refractivity contribution in [3.63, 3.8) is 0 Å². The standard InChI is InChI=1S/C21H27NO5S/c1-21(2,11-12-23)19(14-5-10-18(26-3)17(24)13-14)27-20(25)22-15-6-8-16(28-4)9-7-15/h5-10,13,19,23-24H,11-12H2,1-4H3,(H,22,25)/t19-/m0/s1. The van der Waals surface area contributed by atoms with Crippen molar-refractivity contribution >= 4 is 23.5 Å². The van der Waals surface area contributed by atoms with Crippen LogP contribution in [0.25, 0.3) is 0 Å². The number of hydrogen-bond donors (Lipinski definition) is 3. The van der Waals surface area contributed by atoms with Gasteiger partial charge in [0.2, 0.25) is 0 Å². The van der Waals surface area contributed by atoms with Gasteiger partial charge in [0.05, 0.1) is 7.11 Å². The second-order valence-electron chi connectivity index (χ2n) is 7.03. The lowest BCUT2D eigenvalue weighted by Crippen LogP contribution is -2.29. The summed E-state index contributed by atoms with van der Waals surface area (Å²) in [6.45, 7) is 3.75. The quantitative estimate of drug-likeness (QED) is 0.546. The third-order valence-electron chi connectivity index (χ3n) is 4.53. The van der Waals surface area contributed by atoms with Crippen LogP contribution in [0.15, 0.2) is 47.4 Å². The van der Waals surface area contributed by atoms with Gasteiger partial charge in [0.25, 0.3) is 0 Å². The van der Waals surface area contributed by atoms with Crippen LogP contribution in [0.5, 0.6) is 11.5 Å². The second kappa shape index (κ2) is 9.71. The van der Waals surface area contributed by atoms with Crippen LogP contribution in [0.1, 0.15) is 31.9 Å². The first-order valence-corrected chi connectivity index (χ1v) is 10.1. The Hall–Kier alpha value is -2.38. The van der Waals surface area contributed by atoms with Crippen LogP contribution in [0.2, 0.25) is 0 Å². The molecule has 0 heterocycles. The lowest BCUT2D eigenvalue weighted by Gasteiger charge is -2.34. The zero-order valence-corrected chi connectivity index (χ0v) is 17.4. The lowest BCUT2D eigenvalue weighted by atomic mass is 9.80. The van der Waals surface area contributed by atoms with Crippen LogP contribution in [-0.4, -0.2) is 36.3 Å². The van der Waals surface area contributed by atoms with E-state index in [0.29, 0.717) is 23.4 Å². The molecule has 0 fully saturated rings. The molecule has 0 unspecified atom stereocenters. The summed E-state index contributed by atoms with van der Waals surface area (Å²) in [6, 6.07) is 12.3. The minimum atomic E-state index is -0.679. The number of aliphatic hydroxyl groups excluding tert-OH is 1. The molecule has 0 bridgehead atoms. The highest BCUT2D eigenvalue weighted by Crippen LogP contribution is 2.42. The SMILES string of the molecule is COc1ccc([C@H](OC(=O)Nc2ccc(SC)cc2)C(C)(C)CCO)cc1O. The summed E-state index contributed by atoms with van der Waals surface area (Å²) in [5.74, 6) is 0.294. The van der Waals surface area contributed by atoms with Crippen molar-refractivity contribution in [1.82, 2.24) is 0 Å². The molecule has 2 aromatic carbocycles. The van der Waals surface area contributed by atoms with Gasteiger partial charge in [0.1, 0.15) is 6.10 Å². The highest BCUT2D eigenvalue weighted by Gasteiger charge is 2.34. The minimum absolute atomic E-state index is 0.0403. The molecule has 0 aliphatic heterocycles. The molecule has 0 aromatic heterocycles. The summed E-state index contributed by atoms with van der Waals surface area (Å²) in [4.78, 5) is 13.6. The number of hydrogen-bond acceptors (Lipinski definition) is 6. The van der Waals surface area contributed by atoms with Gasteiger partial charge in [-0.2, -0.15) is 0 Å². The predicted molar refractivity (Wildman–Crippen MR) is 111 cm³/mol.